The van der Waals surface area contributed by atoms with Crippen molar-refractivity contribution in [2.45, 2.75) is 31.8 Å². The van der Waals surface area contributed by atoms with E-state index in [-0.39, 0.29) is 6.61 Å². The molecule has 3 rings (SSSR count). The predicted molar refractivity (Wildman–Crippen MR) is 77.0 cm³/mol. The molecule has 0 radical (unpaired) electrons. The number of hydrogen-bond donors (Lipinski definition) is 1. The van der Waals surface area contributed by atoms with Gasteiger partial charge in [-0.15, -0.1) is 5.10 Å². The molecule has 0 aliphatic heterocycles. The van der Waals surface area contributed by atoms with Crippen molar-refractivity contribution in [2.24, 2.45) is 0 Å². The van der Waals surface area contributed by atoms with Crippen LogP contribution in [0.15, 0.2) is 18.2 Å². The van der Waals surface area contributed by atoms with Crippen LogP contribution in [0, 0.1) is 0 Å². The molecule has 2 aromatic rings. The van der Waals surface area contributed by atoms with Gasteiger partial charge < -0.3 is 14.6 Å². The molecule has 0 spiro atoms. The van der Waals surface area contributed by atoms with E-state index >= 15 is 0 Å². The van der Waals surface area contributed by atoms with E-state index < -0.39 is 0 Å². The highest BCUT2D eigenvalue weighted by molar-refractivity contribution is 5.52. The highest BCUT2D eigenvalue weighted by atomic mass is 16.5. The zero-order chi connectivity index (χ0) is 14.8. The lowest BCUT2D eigenvalue weighted by Crippen LogP contribution is -2.16. The molecule has 0 unspecified atom stereocenters. The van der Waals surface area contributed by atoms with Gasteiger partial charge in [0.1, 0.15) is 22.9 Å². The average Bonchev–Trinajstić information content (AvgIpc) is 2.88. The third-order valence-electron chi connectivity index (χ3n) is 4.03. The Bertz CT molecular complexity index is 635. The first-order valence-corrected chi connectivity index (χ1v) is 7.06. The van der Waals surface area contributed by atoms with Gasteiger partial charge in [-0.05, 0) is 25.0 Å². The Balaban J connectivity index is 2.13. The first-order valence-electron chi connectivity index (χ1n) is 7.06. The van der Waals surface area contributed by atoms with E-state index in [1.807, 2.05) is 18.2 Å². The largest absolute Gasteiger partial charge is 0.497 e. The molecule has 1 saturated carbocycles. The van der Waals surface area contributed by atoms with Gasteiger partial charge in [-0.25, -0.2) is 4.68 Å². The molecule has 1 aliphatic carbocycles. The minimum atomic E-state index is -0.0991. The summed E-state index contributed by atoms with van der Waals surface area (Å²) >= 11 is 0. The summed E-state index contributed by atoms with van der Waals surface area (Å²) in [4.78, 5) is 0. The minimum absolute atomic E-state index is 0.0991. The lowest BCUT2D eigenvalue weighted by atomic mass is 9.82. The van der Waals surface area contributed by atoms with Gasteiger partial charge in [0, 0.05) is 12.0 Å². The third kappa shape index (κ3) is 2.35. The second-order valence-electron chi connectivity index (χ2n) is 5.16. The number of rotatable bonds is 5. The Kier molecular flexibility index (Phi) is 3.79. The first kappa shape index (κ1) is 13.9. The van der Waals surface area contributed by atoms with Crippen LogP contribution in [0.5, 0.6) is 11.5 Å². The van der Waals surface area contributed by atoms with Crippen molar-refractivity contribution in [1.82, 2.24) is 15.0 Å². The molecule has 6 heteroatoms. The molecule has 21 heavy (non-hydrogen) atoms. The fourth-order valence-corrected chi connectivity index (χ4v) is 2.66. The molecule has 1 aliphatic rings. The summed E-state index contributed by atoms with van der Waals surface area (Å²) in [6.07, 6.45) is 3.41. The Morgan fingerprint density at radius 2 is 2.10 bits per heavy atom. The number of aliphatic hydroxyl groups is 1. The van der Waals surface area contributed by atoms with Crippen LogP contribution >= 0.6 is 0 Å². The normalized spacial score (nSPS) is 14.8. The second-order valence-corrected chi connectivity index (χ2v) is 5.16. The maximum Gasteiger partial charge on any atom is 0.144 e. The standard InChI is InChI=1S/C15H19N3O3/c1-20-11-6-7-14(21-2)13(8-11)18-15(10-4-3-5-10)12(9-19)16-17-18/h6-8,10,19H,3-5,9H2,1-2H3. The fraction of sp³-hybridized carbons (Fsp3) is 0.467. The van der Waals surface area contributed by atoms with E-state index in [1.54, 1.807) is 18.9 Å². The Labute approximate surface area is 123 Å². The topological polar surface area (TPSA) is 69.4 Å². The van der Waals surface area contributed by atoms with E-state index in [4.69, 9.17) is 9.47 Å². The first-order chi connectivity index (χ1) is 10.3. The molecular weight excluding hydrogens is 270 g/mol. The van der Waals surface area contributed by atoms with Crippen LogP contribution in [-0.4, -0.2) is 34.3 Å². The lowest BCUT2D eigenvalue weighted by Gasteiger charge is -2.26. The van der Waals surface area contributed by atoms with Gasteiger partial charge in [-0.1, -0.05) is 11.6 Å². The molecule has 6 nitrogen and oxygen atoms in total. The van der Waals surface area contributed by atoms with E-state index in [0.717, 1.165) is 30.0 Å². The number of hydrogen-bond acceptors (Lipinski definition) is 5. The van der Waals surface area contributed by atoms with Gasteiger partial charge in [0.15, 0.2) is 0 Å². The van der Waals surface area contributed by atoms with Gasteiger partial charge in [-0.2, -0.15) is 0 Å². The Morgan fingerprint density at radius 3 is 2.67 bits per heavy atom. The molecule has 1 N–H and O–H groups in total. The number of aromatic nitrogens is 3. The second kappa shape index (κ2) is 5.73. The van der Waals surface area contributed by atoms with E-state index in [2.05, 4.69) is 10.3 Å². The van der Waals surface area contributed by atoms with Crippen molar-refractivity contribution in [3.63, 3.8) is 0 Å². The zero-order valence-electron chi connectivity index (χ0n) is 12.2. The van der Waals surface area contributed by atoms with Gasteiger partial charge in [0.2, 0.25) is 0 Å². The van der Waals surface area contributed by atoms with Crippen LogP contribution in [0.4, 0.5) is 0 Å². The molecule has 0 amide bonds. The maximum absolute atomic E-state index is 9.50. The van der Waals surface area contributed by atoms with Crippen LogP contribution < -0.4 is 9.47 Å². The molecule has 1 heterocycles. The van der Waals surface area contributed by atoms with Gasteiger partial charge in [-0.3, -0.25) is 0 Å². The summed E-state index contributed by atoms with van der Waals surface area (Å²) in [7, 11) is 3.25. The van der Waals surface area contributed by atoms with E-state index in [0.29, 0.717) is 17.4 Å². The maximum atomic E-state index is 9.50. The molecule has 0 saturated heterocycles. The zero-order valence-corrected chi connectivity index (χ0v) is 12.2. The fourth-order valence-electron chi connectivity index (χ4n) is 2.66. The van der Waals surface area contributed by atoms with Gasteiger partial charge in [0.05, 0.1) is 26.5 Å². The molecule has 1 aromatic carbocycles. The third-order valence-corrected chi connectivity index (χ3v) is 4.03. The van der Waals surface area contributed by atoms with Crippen molar-refractivity contribution in [3.05, 3.63) is 29.6 Å². The number of methoxy groups -OCH3 is 2. The quantitative estimate of drug-likeness (QED) is 0.912. The minimum Gasteiger partial charge on any atom is -0.497 e. The highest BCUT2D eigenvalue weighted by Crippen LogP contribution is 2.39. The summed E-state index contributed by atoms with van der Waals surface area (Å²) in [5.41, 5.74) is 2.41. The summed E-state index contributed by atoms with van der Waals surface area (Å²) in [6, 6.07) is 5.56. The summed E-state index contributed by atoms with van der Waals surface area (Å²) in [5, 5.41) is 17.8. The number of ether oxygens (including phenoxy) is 2. The monoisotopic (exact) mass is 289 g/mol. The van der Waals surface area contributed by atoms with E-state index in [1.165, 1.54) is 6.42 Å². The van der Waals surface area contributed by atoms with Gasteiger partial charge in [0.25, 0.3) is 0 Å². The van der Waals surface area contributed by atoms with Gasteiger partial charge >= 0.3 is 0 Å². The molecule has 112 valence electrons. The number of benzene rings is 1. The van der Waals surface area contributed by atoms with Crippen molar-refractivity contribution < 1.29 is 14.6 Å². The lowest BCUT2D eigenvalue weighted by molar-refractivity contribution is 0.272. The molecule has 1 fully saturated rings. The van der Waals surface area contributed by atoms with Crippen LogP contribution in [0.25, 0.3) is 5.69 Å². The molecule has 0 bridgehead atoms. The van der Waals surface area contributed by atoms with Crippen LogP contribution in [0.1, 0.15) is 36.6 Å². The van der Waals surface area contributed by atoms with Crippen molar-refractivity contribution in [2.75, 3.05) is 14.2 Å². The average molecular weight is 289 g/mol. The SMILES string of the molecule is COc1ccc(OC)c(-n2nnc(CO)c2C2CCC2)c1. The van der Waals surface area contributed by atoms with Crippen LogP contribution in [-0.2, 0) is 6.61 Å². The summed E-state index contributed by atoms with van der Waals surface area (Å²) in [5.74, 6) is 1.83. The summed E-state index contributed by atoms with van der Waals surface area (Å²) < 4.78 is 12.5. The molecular formula is C15H19N3O3. The number of aliphatic hydroxyl groups excluding tert-OH is 1. The predicted octanol–water partition coefficient (Wildman–Crippen LogP) is 2.04. The van der Waals surface area contributed by atoms with Crippen molar-refractivity contribution in [3.8, 4) is 17.2 Å². The van der Waals surface area contributed by atoms with Crippen molar-refractivity contribution >= 4 is 0 Å². The van der Waals surface area contributed by atoms with Crippen LogP contribution in [0.3, 0.4) is 0 Å². The summed E-state index contributed by atoms with van der Waals surface area (Å²) in [6.45, 7) is -0.0991. The van der Waals surface area contributed by atoms with Crippen LogP contribution in [0.2, 0.25) is 0 Å². The molecule has 1 aromatic heterocycles. The smallest absolute Gasteiger partial charge is 0.144 e. The Hall–Kier alpha value is -2.08. The molecule has 0 atom stereocenters. The Morgan fingerprint density at radius 1 is 1.29 bits per heavy atom. The van der Waals surface area contributed by atoms with E-state index in [9.17, 15) is 5.11 Å². The number of nitrogens with zero attached hydrogens (tertiary/aromatic N) is 3. The van der Waals surface area contributed by atoms with Crippen molar-refractivity contribution in [1.29, 1.82) is 0 Å². The highest BCUT2D eigenvalue weighted by Gasteiger charge is 2.28.